The molecule has 0 amide bonds. The Bertz CT molecular complexity index is 802. The van der Waals surface area contributed by atoms with E-state index in [1.807, 2.05) is 13.8 Å². The van der Waals surface area contributed by atoms with Crippen molar-refractivity contribution in [1.29, 1.82) is 0 Å². The van der Waals surface area contributed by atoms with Gasteiger partial charge in [-0.2, -0.15) is 0 Å². The summed E-state index contributed by atoms with van der Waals surface area (Å²) in [5.41, 5.74) is -0.807. The zero-order valence-corrected chi connectivity index (χ0v) is 11.4. The van der Waals surface area contributed by atoms with Gasteiger partial charge in [0.25, 0.3) is 5.56 Å². The largest absolute Gasteiger partial charge is 0.478 e. The van der Waals surface area contributed by atoms with Gasteiger partial charge >= 0.3 is 11.7 Å². The van der Waals surface area contributed by atoms with E-state index in [1.54, 1.807) is 6.92 Å². The van der Waals surface area contributed by atoms with Crippen molar-refractivity contribution in [2.24, 2.45) is 0 Å². The SMILES string of the molecule is CCn1c(=O)[nH]c(=O)c2c(C(=O)O)cc(C(C)C)nc21. The maximum atomic E-state index is 11.9. The Morgan fingerprint density at radius 2 is 2.10 bits per heavy atom. The lowest BCUT2D eigenvalue weighted by molar-refractivity contribution is 0.0698. The third-order valence-electron chi connectivity index (χ3n) is 3.11. The minimum atomic E-state index is -1.22. The van der Waals surface area contributed by atoms with Crippen LogP contribution in [-0.4, -0.2) is 25.6 Å². The maximum absolute atomic E-state index is 11.9. The number of rotatable bonds is 3. The molecule has 0 saturated carbocycles. The van der Waals surface area contributed by atoms with Gasteiger partial charge in [-0.1, -0.05) is 13.8 Å². The average molecular weight is 277 g/mol. The highest BCUT2D eigenvalue weighted by Gasteiger charge is 2.19. The second-order valence-electron chi connectivity index (χ2n) is 4.76. The molecule has 2 aromatic heterocycles. The van der Waals surface area contributed by atoms with Gasteiger partial charge in [0, 0.05) is 12.2 Å². The number of aromatic amines is 1. The zero-order chi connectivity index (χ0) is 15.0. The molecular weight excluding hydrogens is 262 g/mol. The number of aromatic carboxylic acids is 1. The number of nitrogens with one attached hydrogen (secondary N) is 1. The second kappa shape index (κ2) is 4.92. The van der Waals surface area contributed by atoms with E-state index in [9.17, 15) is 19.5 Å². The molecule has 2 N–H and O–H groups in total. The standard InChI is InChI=1S/C13H15N3O4/c1-4-16-10-9(11(17)15-13(16)20)7(12(18)19)5-8(14-10)6(2)3/h5-6H,4H2,1-3H3,(H,18,19)(H,15,17,20). The fourth-order valence-corrected chi connectivity index (χ4v) is 2.05. The Kier molecular flexibility index (Phi) is 3.44. The minimum absolute atomic E-state index is 0.0165. The van der Waals surface area contributed by atoms with Crippen LogP contribution >= 0.6 is 0 Å². The van der Waals surface area contributed by atoms with Crippen LogP contribution in [0.4, 0.5) is 0 Å². The molecule has 0 spiro atoms. The summed E-state index contributed by atoms with van der Waals surface area (Å²) in [5.74, 6) is -1.23. The summed E-state index contributed by atoms with van der Waals surface area (Å²) in [6, 6.07) is 1.38. The molecule has 0 aromatic carbocycles. The number of nitrogens with zero attached hydrogens (tertiary/aromatic N) is 2. The fraction of sp³-hybridized carbons (Fsp3) is 0.385. The van der Waals surface area contributed by atoms with Crippen molar-refractivity contribution in [2.45, 2.75) is 33.2 Å². The van der Waals surface area contributed by atoms with Crippen LogP contribution in [0.3, 0.4) is 0 Å². The van der Waals surface area contributed by atoms with Crippen molar-refractivity contribution in [2.75, 3.05) is 0 Å². The number of hydrogen-bond acceptors (Lipinski definition) is 4. The lowest BCUT2D eigenvalue weighted by atomic mass is 10.1. The number of aryl methyl sites for hydroxylation is 1. The first kappa shape index (κ1) is 14.0. The number of fused-ring (bicyclic) bond motifs is 1. The van der Waals surface area contributed by atoms with E-state index in [0.717, 1.165) is 0 Å². The molecule has 0 aliphatic carbocycles. The highest BCUT2D eigenvalue weighted by molar-refractivity contribution is 6.01. The van der Waals surface area contributed by atoms with Gasteiger partial charge in [-0.15, -0.1) is 0 Å². The van der Waals surface area contributed by atoms with Gasteiger partial charge in [0.2, 0.25) is 0 Å². The normalized spacial score (nSPS) is 11.2. The average Bonchev–Trinajstić information content (AvgIpc) is 2.37. The summed E-state index contributed by atoms with van der Waals surface area (Å²) >= 11 is 0. The zero-order valence-electron chi connectivity index (χ0n) is 11.4. The second-order valence-corrected chi connectivity index (χ2v) is 4.76. The lowest BCUT2D eigenvalue weighted by Gasteiger charge is -2.12. The van der Waals surface area contributed by atoms with Gasteiger partial charge in [0.15, 0.2) is 5.65 Å². The van der Waals surface area contributed by atoms with E-state index in [0.29, 0.717) is 12.2 Å². The summed E-state index contributed by atoms with van der Waals surface area (Å²) in [5, 5.41) is 9.21. The number of aromatic nitrogens is 3. The Morgan fingerprint density at radius 3 is 2.60 bits per heavy atom. The van der Waals surface area contributed by atoms with E-state index in [4.69, 9.17) is 0 Å². The molecule has 0 radical (unpaired) electrons. The van der Waals surface area contributed by atoms with E-state index < -0.39 is 17.2 Å². The van der Waals surface area contributed by atoms with Crippen molar-refractivity contribution < 1.29 is 9.90 Å². The predicted octanol–water partition coefficient (Wildman–Crippen LogP) is 0.926. The van der Waals surface area contributed by atoms with Crippen molar-refractivity contribution in [3.05, 3.63) is 38.2 Å². The Balaban J connectivity index is 3.08. The van der Waals surface area contributed by atoms with Crippen LogP contribution in [0, 0.1) is 0 Å². The van der Waals surface area contributed by atoms with E-state index in [1.165, 1.54) is 10.6 Å². The van der Waals surface area contributed by atoms with Gasteiger partial charge in [0.1, 0.15) is 0 Å². The molecule has 7 heteroatoms. The molecule has 0 aliphatic heterocycles. The number of pyridine rings is 1. The summed E-state index contributed by atoms with van der Waals surface area (Å²) in [6.45, 7) is 5.74. The molecule has 7 nitrogen and oxygen atoms in total. The van der Waals surface area contributed by atoms with Crippen LogP contribution in [0.5, 0.6) is 0 Å². The molecule has 0 unspecified atom stereocenters. The monoisotopic (exact) mass is 277 g/mol. The molecule has 0 bridgehead atoms. The van der Waals surface area contributed by atoms with Crippen LogP contribution in [0.25, 0.3) is 11.0 Å². The van der Waals surface area contributed by atoms with Crippen LogP contribution in [0.1, 0.15) is 42.7 Å². The summed E-state index contributed by atoms with van der Waals surface area (Å²) in [6.07, 6.45) is 0. The Morgan fingerprint density at radius 1 is 1.45 bits per heavy atom. The molecule has 2 rings (SSSR count). The molecule has 2 aromatic rings. The fourth-order valence-electron chi connectivity index (χ4n) is 2.05. The number of carbonyl (C=O) groups is 1. The summed E-state index contributed by atoms with van der Waals surface area (Å²) < 4.78 is 1.26. The maximum Gasteiger partial charge on any atom is 0.336 e. The topological polar surface area (TPSA) is 105 Å². The van der Waals surface area contributed by atoms with E-state index in [-0.39, 0.29) is 22.5 Å². The van der Waals surface area contributed by atoms with Crippen LogP contribution < -0.4 is 11.2 Å². The lowest BCUT2D eigenvalue weighted by Crippen LogP contribution is -2.31. The van der Waals surface area contributed by atoms with E-state index >= 15 is 0 Å². The van der Waals surface area contributed by atoms with Gasteiger partial charge in [-0.25, -0.2) is 14.6 Å². The molecule has 20 heavy (non-hydrogen) atoms. The number of carboxylic acid groups (broad SMARTS) is 1. The van der Waals surface area contributed by atoms with Gasteiger partial charge in [-0.05, 0) is 18.9 Å². The third-order valence-corrected chi connectivity index (χ3v) is 3.11. The number of carboxylic acids is 1. The number of H-pyrrole nitrogens is 1. The molecule has 2 heterocycles. The highest BCUT2D eigenvalue weighted by atomic mass is 16.4. The molecular formula is C13H15N3O4. The minimum Gasteiger partial charge on any atom is -0.478 e. The molecule has 0 saturated heterocycles. The van der Waals surface area contributed by atoms with Crippen molar-refractivity contribution >= 4 is 17.0 Å². The quantitative estimate of drug-likeness (QED) is 0.868. The Labute approximate surface area is 113 Å². The van der Waals surface area contributed by atoms with Crippen LogP contribution in [0.2, 0.25) is 0 Å². The van der Waals surface area contributed by atoms with Crippen molar-refractivity contribution in [3.63, 3.8) is 0 Å². The number of hydrogen-bond donors (Lipinski definition) is 2. The predicted molar refractivity (Wildman–Crippen MR) is 73.3 cm³/mol. The molecule has 0 aliphatic rings. The van der Waals surface area contributed by atoms with E-state index in [2.05, 4.69) is 9.97 Å². The third kappa shape index (κ3) is 2.11. The van der Waals surface area contributed by atoms with Crippen LogP contribution in [-0.2, 0) is 6.54 Å². The van der Waals surface area contributed by atoms with Crippen molar-refractivity contribution in [1.82, 2.24) is 14.5 Å². The van der Waals surface area contributed by atoms with Gasteiger partial charge < -0.3 is 5.11 Å². The highest BCUT2D eigenvalue weighted by Crippen LogP contribution is 2.19. The van der Waals surface area contributed by atoms with Gasteiger partial charge in [0.05, 0.1) is 10.9 Å². The summed E-state index contributed by atoms with van der Waals surface area (Å²) in [7, 11) is 0. The van der Waals surface area contributed by atoms with Crippen molar-refractivity contribution in [3.8, 4) is 0 Å². The molecule has 0 fully saturated rings. The smallest absolute Gasteiger partial charge is 0.336 e. The Hall–Kier alpha value is -2.44. The van der Waals surface area contributed by atoms with Gasteiger partial charge in [-0.3, -0.25) is 14.3 Å². The first-order valence-electron chi connectivity index (χ1n) is 6.27. The first-order valence-corrected chi connectivity index (χ1v) is 6.27. The van der Waals surface area contributed by atoms with Crippen LogP contribution in [0.15, 0.2) is 15.7 Å². The molecule has 106 valence electrons. The first-order chi connectivity index (χ1) is 9.36. The summed E-state index contributed by atoms with van der Waals surface area (Å²) in [4.78, 5) is 41.4. The molecule has 0 atom stereocenters.